The molecule has 0 aliphatic heterocycles. The van der Waals surface area contributed by atoms with Gasteiger partial charge >= 0.3 is 6.03 Å². The minimum absolute atomic E-state index is 0.00748. The first-order valence-electron chi connectivity index (χ1n) is 7.41. The fourth-order valence-electron chi connectivity index (χ4n) is 1.92. The van der Waals surface area contributed by atoms with E-state index in [2.05, 4.69) is 62.6 Å². The molecule has 3 heteroatoms. The van der Waals surface area contributed by atoms with Crippen molar-refractivity contribution in [3.63, 3.8) is 0 Å². The van der Waals surface area contributed by atoms with Gasteiger partial charge in [-0.2, -0.15) is 0 Å². The van der Waals surface area contributed by atoms with Crippen molar-refractivity contribution in [2.24, 2.45) is 0 Å². The van der Waals surface area contributed by atoms with Crippen molar-refractivity contribution in [1.82, 2.24) is 10.6 Å². The molecule has 0 bridgehead atoms. The minimum Gasteiger partial charge on any atom is -0.336 e. The molecule has 0 heterocycles. The van der Waals surface area contributed by atoms with E-state index in [1.807, 2.05) is 13.8 Å². The molecule has 0 aromatic heterocycles. The van der Waals surface area contributed by atoms with E-state index in [1.54, 1.807) is 0 Å². The van der Waals surface area contributed by atoms with Crippen LogP contribution in [0.5, 0.6) is 0 Å². The predicted molar refractivity (Wildman–Crippen MR) is 85.0 cm³/mol. The van der Waals surface area contributed by atoms with E-state index in [-0.39, 0.29) is 23.5 Å². The van der Waals surface area contributed by atoms with Crippen LogP contribution in [0.15, 0.2) is 24.3 Å². The highest BCUT2D eigenvalue weighted by Gasteiger charge is 2.15. The lowest BCUT2D eigenvalue weighted by Crippen LogP contribution is -2.41. The predicted octanol–water partition coefficient (Wildman–Crippen LogP) is 4.14. The van der Waals surface area contributed by atoms with E-state index >= 15 is 0 Å². The smallest absolute Gasteiger partial charge is 0.315 e. The molecule has 0 fully saturated rings. The summed E-state index contributed by atoms with van der Waals surface area (Å²) in [6.45, 7) is 12.7. The minimum atomic E-state index is -0.105. The number of carbonyl (C=O) groups excluding carboxylic acids is 1. The maximum absolute atomic E-state index is 11.8. The van der Waals surface area contributed by atoms with Crippen molar-refractivity contribution in [2.45, 2.75) is 65.5 Å². The number of amides is 2. The van der Waals surface area contributed by atoms with Crippen LogP contribution < -0.4 is 10.6 Å². The molecule has 0 saturated carbocycles. The third kappa shape index (κ3) is 4.87. The van der Waals surface area contributed by atoms with Crippen LogP contribution in [-0.4, -0.2) is 12.1 Å². The van der Waals surface area contributed by atoms with Crippen LogP contribution in [0.4, 0.5) is 4.79 Å². The maximum Gasteiger partial charge on any atom is 0.315 e. The summed E-state index contributed by atoms with van der Waals surface area (Å²) in [6, 6.07) is 8.56. The van der Waals surface area contributed by atoms with Gasteiger partial charge in [-0.3, -0.25) is 0 Å². The Bertz CT molecular complexity index is 431. The molecule has 3 nitrogen and oxygen atoms in total. The summed E-state index contributed by atoms with van der Waals surface area (Å²) in [5.74, 6) is 0. The van der Waals surface area contributed by atoms with Crippen LogP contribution >= 0.6 is 0 Å². The van der Waals surface area contributed by atoms with E-state index in [4.69, 9.17) is 0 Å². The highest BCUT2D eigenvalue weighted by atomic mass is 16.2. The molecule has 2 atom stereocenters. The van der Waals surface area contributed by atoms with Gasteiger partial charge in [0.2, 0.25) is 0 Å². The summed E-state index contributed by atoms with van der Waals surface area (Å²) < 4.78 is 0. The van der Waals surface area contributed by atoms with Gasteiger partial charge in [-0.25, -0.2) is 4.79 Å². The number of nitrogens with one attached hydrogen (secondary N) is 2. The van der Waals surface area contributed by atoms with Gasteiger partial charge in [-0.15, -0.1) is 0 Å². The molecular weight excluding hydrogens is 248 g/mol. The Kier molecular flexibility index (Phi) is 5.61. The highest BCUT2D eigenvalue weighted by Crippen LogP contribution is 2.23. The monoisotopic (exact) mass is 276 g/mol. The molecule has 1 aromatic rings. The topological polar surface area (TPSA) is 41.1 Å². The lowest BCUT2D eigenvalue weighted by molar-refractivity contribution is 0.234. The molecule has 1 aromatic carbocycles. The molecule has 0 aliphatic carbocycles. The first-order valence-corrected chi connectivity index (χ1v) is 7.41. The Labute approximate surface area is 123 Å². The van der Waals surface area contributed by atoms with Crippen LogP contribution in [0, 0.1) is 0 Å². The Balaban J connectivity index is 2.64. The van der Waals surface area contributed by atoms with Crippen molar-refractivity contribution in [3.05, 3.63) is 35.4 Å². The summed E-state index contributed by atoms with van der Waals surface area (Å²) in [4.78, 5) is 11.8. The first-order chi connectivity index (χ1) is 9.24. The second kappa shape index (κ2) is 6.78. The van der Waals surface area contributed by atoms with Crippen LogP contribution in [-0.2, 0) is 5.41 Å². The molecule has 112 valence electrons. The van der Waals surface area contributed by atoms with Crippen molar-refractivity contribution < 1.29 is 4.79 Å². The molecule has 0 spiro atoms. The molecule has 2 amide bonds. The van der Waals surface area contributed by atoms with Gasteiger partial charge in [0.05, 0.1) is 6.04 Å². The lowest BCUT2D eigenvalue weighted by Gasteiger charge is -2.21. The SMILES string of the molecule is CC[C@H](C)NC(=O)N[C@@H](C)c1ccc(C(C)(C)C)cc1. The van der Waals surface area contributed by atoms with E-state index in [0.29, 0.717) is 0 Å². The number of hydrogen-bond donors (Lipinski definition) is 2. The fraction of sp³-hybridized carbons (Fsp3) is 0.588. The quantitative estimate of drug-likeness (QED) is 0.852. The Hall–Kier alpha value is -1.51. The summed E-state index contributed by atoms with van der Waals surface area (Å²) in [7, 11) is 0. The number of carbonyl (C=O) groups is 1. The molecule has 0 radical (unpaired) electrons. The third-order valence-electron chi connectivity index (χ3n) is 3.61. The van der Waals surface area contributed by atoms with Crippen LogP contribution in [0.2, 0.25) is 0 Å². The van der Waals surface area contributed by atoms with Crippen LogP contribution in [0.1, 0.15) is 65.1 Å². The third-order valence-corrected chi connectivity index (χ3v) is 3.61. The normalized spacial score (nSPS) is 14.5. The standard InChI is InChI=1S/C17H28N2O/c1-7-12(2)18-16(20)19-13(3)14-8-10-15(11-9-14)17(4,5)6/h8-13H,7H2,1-6H3,(H2,18,19,20)/t12-,13-/m0/s1. The first kappa shape index (κ1) is 16.5. The van der Waals surface area contributed by atoms with Gasteiger partial charge < -0.3 is 10.6 Å². The number of urea groups is 1. The van der Waals surface area contributed by atoms with Gasteiger partial charge in [0.1, 0.15) is 0 Å². The fourth-order valence-corrected chi connectivity index (χ4v) is 1.92. The average Bonchev–Trinajstić information content (AvgIpc) is 2.37. The van der Waals surface area contributed by atoms with Crippen molar-refractivity contribution in [3.8, 4) is 0 Å². The van der Waals surface area contributed by atoms with Gasteiger partial charge in [0.15, 0.2) is 0 Å². The van der Waals surface area contributed by atoms with Crippen molar-refractivity contribution in [1.29, 1.82) is 0 Å². The zero-order valence-corrected chi connectivity index (χ0v) is 13.6. The van der Waals surface area contributed by atoms with Crippen molar-refractivity contribution >= 4 is 6.03 Å². The van der Waals surface area contributed by atoms with Gasteiger partial charge in [0, 0.05) is 6.04 Å². The largest absolute Gasteiger partial charge is 0.336 e. The van der Waals surface area contributed by atoms with Crippen molar-refractivity contribution in [2.75, 3.05) is 0 Å². The molecular formula is C17H28N2O. The van der Waals surface area contributed by atoms with E-state index in [1.165, 1.54) is 5.56 Å². The Morgan fingerprint density at radius 3 is 2.10 bits per heavy atom. The summed E-state index contributed by atoms with van der Waals surface area (Å²) in [5, 5.41) is 5.89. The van der Waals surface area contributed by atoms with Crippen LogP contribution in [0.3, 0.4) is 0 Å². The average molecular weight is 276 g/mol. The second-order valence-corrected chi connectivity index (χ2v) is 6.52. The molecule has 0 saturated heterocycles. The maximum atomic E-state index is 11.8. The molecule has 0 unspecified atom stereocenters. The van der Waals surface area contributed by atoms with Gasteiger partial charge in [-0.1, -0.05) is 52.0 Å². The zero-order valence-electron chi connectivity index (χ0n) is 13.6. The molecule has 1 rings (SSSR count). The van der Waals surface area contributed by atoms with Crippen LogP contribution in [0.25, 0.3) is 0 Å². The number of rotatable bonds is 4. The molecule has 20 heavy (non-hydrogen) atoms. The Morgan fingerprint density at radius 2 is 1.65 bits per heavy atom. The zero-order chi connectivity index (χ0) is 15.3. The van der Waals surface area contributed by atoms with E-state index < -0.39 is 0 Å². The van der Waals surface area contributed by atoms with Gasteiger partial charge in [-0.05, 0) is 36.8 Å². The highest BCUT2D eigenvalue weighted by molar-refractivity contribution is 5.74. The van der Waals surface area contributed by atoms with E-state index in [9.17, 15) is 4.79 Å². The number of hydrogen-bond acceptors (Lipinski definition) is 1. The molecule has 2 N–H and O–H groups in total. The van der Waals surface area contributed by atoms with E-state index in [0.717, 1.165) is 12.0 Å². The molecule has 0 aliphatic rings. The Morgan fingerprint density at radius 1 is 1.10 bits per heavy atom. The summed E-state index contributed by atoms with van der Waals surface area (Å²) in [6.07, 6.45) is 0.933. The number of benzene rings is 1. The lowest BCUT2D eigenvalue weighted by atomic mass is 9.86. The summed E-state index contributed by atoms with van der Waals surface area (Å²) in [5.41, 5.74) is 2.58. The summed E-state index contributed by atoms with van der Waals surface area (Å²) >= 11 is 0. The second-order valence-electron chi connectivity index (χ2n) is 6.52. The van der Waals surface area contributed by atoms with Gasteiger partial charge in [0.25, 0.3) is 0 Å².